The third kappa shape index (κ3) is 2.19. The Morgan fingerprint density at radius 1 is 1.75 bits per heavy atom. The van der Waals surface area contributed by atoms with E-state index in [0.29, 0.717) is 6.61 Å². The van der Waals surface area contributed by atoms with Crippen LogP contribution in [0.15, 0.2) is 0 Å². The number of nitrogens with zero attached hydrogens (tertiary/aromatic N) is 1. The van der Waals surface area contributed by atoms with Crippen molar-refractivity contribution in [1.82, 2.24) is 4.90 Å². The first-order valence-electron chi connectivity index (χ1n) is 4.28. The molecule has 0 spiro atoms. The van der Waals surface area contributed by atoms with Crippen molar-refractivity contribution < 1.29 is 9.53 Å². The fourth-order valence-electron chi connectivity index (χ4n) is 1.62. The molecule has 1 fully saturated rings. The van der Waals surface area contributed by atoms with Gasteiger partial charge in [-0.3, -0.25) is 9.69 Å². The molecule has 4 nitrogen and oxygen atoms in total. The van der Waals surface area contributed by atoms with Gasteiger partial charge in [-0.2, -0.15) is 0 Å². The fraction of sp³-hybridized carbons (Fsp3) is 0.875. The quantitative estimate of drug-likeness (QED) is 0.626. The summed E-state index contributed by atoms with van der Waals surface area (Å²) in [4.78, 5) is 13.0. The molecule has 0 bridgehead atoms. The second-order valence-electron chi connectivity index (χ2n) is 3.09. The lowest BCUT2D eigenvalue weighted by atomic mass is 10.2. The molecule has 12 heavy (non-hydrogen) atoms. The average molecular weight is 172 g/mol. The number of amides is 1. The van der Waals surface area contributed by atoms with Crippen LogP contribution >= 0.6 is 0 Å². The van der Waals surface area contributed by atoms with Gasteiger partial charge < -0.3 is 10.5 Å². The predicted octanol–water partition coefficient (Wildman–Crippen LogP) is -0.417. The topological polar surface area (TPSA) is 55.6 Å². The summed E-state index contributed by atoms with van der Waals surface area (Å²) in [7, 11) is 1.66. The van der Waals surface area contributed by atoms with E-state index in [9.17, 15) is 4.79 Å². The number of rotatable bonds is 4. The van der Waals surface area contributed by atoms with Gasteiger partial charge in [0.15, 0.2) is 0 Å². The third-order valence-corrected chi connectivity index (χ3v) is 2.27. The van der Waals surface area contributed by atoms with Gasteiger partial charge in [0.1, 0.15) is 0 Å². The summed E-state index contributed by atoms with van der Waals surface area (Å²) in [5.41, 5.74) is 5.24. The van der Waals surface area contributed by atoms with Gasteiger partial charge in [0, 0.05) is 13.7 Å². The Morgan fingerprint density at radius 2 is 2.50 bits per heavy atom. The number of methoxy groups -OCH3 is 1. The van der Waals surface area contributed by atoms with Crippen molar-refractivity contribution in [3.8, 4) is 0 Å². The molecule has 0 unspecified atom stereocenters. The van der Waals surface area contributed by atoms with Crippen molar-refractivity contribution in [2.24, 2.45) is 5.73 Å². The molecular formula is C8H16N2O2. The van der Waals surface area contributed by atoms with E-state index in [2.05, 4.69) is 4.90 Å². The smallest absolute Gasteiger partial charge is 0.234 e. The molecule has 4 heteroatoms. The number of carbonyl (C=O) groups excluding carboxylic acids is 1. The molecule has 2 N–H and O–H groups in total. The highest BCUT2D eigenvalue weighted by Crippen LogP contribution is 2.15. The highest BCUT2D eigenvalue weighted by molar-refractivity contribution is 5.80. The van der Waals surface area contributed by atoms with Crippen molar-refractivity contribution in [2.75, 3.05) is 26.8 Å². The van der Waals surface area contributed by atoms with E-state index in [0.717, 1.165) is 25.9 Å². The Hall–Kier alpha value is -0.610. The van der Waals surface area contributed by atoms with Crippen LogP contribution in [0.2, 0.25) is 0 Å². The standard InChI is InChI=1S/C8H16N2O2/c1-12-6-5-10-4-2-3-7(10)8(9)11/h7H,2-6H2,1H3,(H2,9,11)/t7-/m0/s1. The summed E-state index contributed by atoms with van der Waals surface area (Å²) in [5, 5.41) is 0. The van der Waals surface area contributed by atoms with Gasteiger partial charge in [-0.25, -0.2) is 0 Å². The minimum absolute atomic E-state index is 0.0554. The van der Waals surface area contributed by atoms with Gasteiger partial charge in [-0.15, -0.1) is 0 Å². The molecule has 0 saturated carbocycles. The van der Waals surface area contributed by atoms with Gasteiger partial charge >= 0.3 is 0 Å². The number of hydrogen-bond acceptors (Lipinski definition) is 3. The Kier molecular flexibility index (Phi) is 3.49. The lowest BCUT2D eigenvalue weighted by molar-refractivity contribution is -0.122. The number of nitrogens with two attached hydrogens (primary N) is 1. The SMILES string of the molecule is COCCN1CCC[C@H]1C(N)=O. The summed E-state index contributed by atoms with van der Waals surface area (Å²) in [6.07, 6.45) is 1.97. The molecule has 1 aliphatic heterocycles. The van der Waals surface area contributed by atoms with Gasteiger partial charge in [-0.05, 0) is 19.4 Å². The van der Waals surface area contributed by atoms with Crippen LogP contribution in [0.1, 0.15) is 12.8 Å². The summed E-state index contributed by atoms with van der Waals surface area (Å²) in [5.74, 6) is -0.205. The molecule has 1 rings (SSSR count). The average Bonchev–Trinajstić information content (AvgIpc) is 2.48. The van der Waals surface area contributed by atoms with Crippen LogP contribution in [-0.2, 0) is 9.53 Å². The molecule has 0 aromatic carbocycles. The number of hydrogen-bond donors (Lipinski definition) is 1. The first-order chi connectivity index (χ1) is 5.75. The van der Waals surface area contributed by atoms with E-state index in [-0.39, 0.29) is 11.9 Å². The number of carbonyl (C=O) groups is 1. The highest BCUT2D eigenvalue weighted by Gasteiger charge is 2.27. The lowest BCUT2D eigenvalue weighted by Crippen LogP contribution is -2.41. The van der Waals surface area contributed by atoms with E-state index in [1.165, 1.54) is 0 Å². The van der Waals surface area contributed by atoms with Crippen LogP contribution in [0.4, 0.5) is 0 Å². The molecule has 0 radical (unpaired) electrons. The zero-order chi connectivity index (χ0) is 8.97. The van der Waals surface area contributed by atoms with Gasteiger partial charge in [0.25, 0.3) is 0 Å². The van der Waals surface area contributed by atoms with Crippen LogP contribution in [0.5, 0.6) is 0 Å². The van der Waals surface area contributed by atoms with Crippen LogP contribution in [0.3, 0.4) is 0 Å². The zero-order valence-corrected chi connectivity index (χ0v) is 7.45. The van der Waals surface area contributed by atoms with Crippen molar-refractivity contribution in [3.63, 3.8) is 0 Å². The Morgan fingerprint density at radius 3 is 3.08 bits per heavy atom. The molecule has 0 aromatic heterocycles. The van der Waals surface area contributed by atoms with Gasteiger partial charge in [0.05, 0.1) is 12.6 Å². The van der Waals surface area contributed by atoms with Crippen LogP contribution in [-0.4, -0.2) is 43.7 Å². The number of primary amides is 1. The van der Waals surface area contributed by atoms with Crippen molar-refractivity contribution in [2.45, 2.75) is 18.9 Å². The van der Waals surface area contributed by atoms with Crippen molar-refractivity contribution in [3.05, 3.63) is 0 Å². The van der Waals surface area contributed by atoms with Crippen LogP contribution < -0.4 is 5.73 Å². The maximum Gasteiger partial charge on any atom is 0.234 e. The molecule has 1 heterocycles. The monoisotopic (exact) mass is 172 g/mol. The third-order valence-electron chi connectivity index (χ3n) is 2.27. The van der Waals surface area contributed by atoms with E-state index in [1.807, 2.05) is 0 Å². The van der Waals surface area contributed by atoms with E-state index in [4.69, 9.17) is 10.5 Å². The second kappa shape index (κ2) is 4.42. The van der Waals surface area contributed by atoms with E-state index >= 15 is 0 Å². The molecule has 1 aliphatic rings. The number of ether oxygens (including phenoxy) is 1. The van der Waals surface area contributed by atoms with Crippen molar-refractivity contribution >= 4 is 5.91 Å². The molecule has 1 atom stereocenters. The molecule has 70 valence electrons. The summed E-state index contributed by atoms with van der Waals surface area (Å²) in [6, 6.07) is -0.0554. The summed E-state index contributed by atoms with van der Waals surface area (Å²) >= 11 is 0. The largest absolute Gasteiger partial charge is 0.383 e. The maximum atomic E-state index is 10.9. The second-order valence-corrected chi connectivity index (χ2v) is 3.09. The molecule has 0 aromatic rings. The van der Waals surface area contributed by atoms with E-state index < -0.39 is 0 Å². The normalized spacial score (nSPS) is 24.6. The molecule has 1 saturated heterocycles. The lowest BCUT2D eigenvalue weighted by Gasteiger charge is -2.20. The minimum atomic E-state index is -0.205. The first-order valence-corrected chi connectivity index (χ1v) is 4.28. The Labute approximate surface area is 72.7 Å². The van der Waals surface area contributed by atoms with Gasteiger partial charge in [0.2, 0.25) is 5.91 Å². The fourth-order valence-corrected chi connectivity index (χ4v) is 1.62. The predicted molar refractivity (Wildman–Crippen MR) is 45.7 cm³/mol. The molecule has 1 amide bonds. The molecular weight excluding hydrogens is 156 g/mol. The highest BCUT2D eigenvalue weighted by atomic mass is 16.5. The van der Waals surface area contributed by atoms with Crippen LogP contribution in [0.25, 0.3) is 0 Å². The zero-order valence-electron chi connectivity index (χ0n) is 7.45. The minimum Gasteiger partial charge on any atom is -0.383 e. The molecule has 0 aliphatic carbocycles. The summed E-state index contributed by atoms with van der Waals surface area (Å²) < 4.78 is 4.94. The van der Waals surface area contributed by atoms with Crippen molar-refractivity contribution in [1.29, 1.82) is 0 Å². The number of likely N-dealkylation sites (tertiary alicyclic amines) is 1. The van der Waals surface area contributed by atoms with E-state index in [1.54, 1.807) is 7.11 Å². The summed E-state index contributed by atoms with van der Waals surface area (Å²) in [6.45, 7) is 2.45. The van der Waals surface area contributed by atoms with Crippen LogP contribution in [0, 0.1) is 0 Å². The van der Waals surface area contributed by atoms with Gasteiger partial charge in [-0.1, -0.05) is 0 Å². The maximum absolute atomic E-state index is 10.9. The Bertz CT molecular complexity index is 161. The first kappa shape index (κ1) is 9.48. The Balaban J connectivity index is 2.35.